The number of hydrogen-bond donors (Lipinski definition) is 1. The maximum Gasteiger partial charge on any atom is 0.339 e. The highest BCUT2D eigenvalue weighted by molar-refractivity contribution is 6.30. The Morgan fingerprint density at radius 2 is 1.60 bits per heavy atom. The van der Waals surface area contributed by atoms with Gasteiger partial charge in [0.2, 0.25) is 0 Å². The van der Waals surface area contributed by atoms with Gasteiger partial charge in [-0.15, -0.1) is 0 Å². The van der Waals surface area contributed by atoms with Crippen LogP contribution in [0, 0.1) is 5.92 Å². The number of ketones is 2. The lowest BCUT2D eigenvalue weighted by atomic mass is 9.82. The minimum atomic E-state index is -0.792. The van der Waals surface area contributed by atoms with E-state index in [1.54, 1.807) is 24.3 Å². The Morgan fingerprint density at radius 3 is 2.33 bits per heavy atom. The van der Waals surface area contributed by atoms with Gasteiger partial charge in [0, 0.05) is 28.3 Å². The van der Waals surface area contributed by atoms with Gasteiger partial charge in [0.05, 0.1) is 5.56 Å². The Bertz CT molecular complexity index is 1040. The van der Waals surface area contributed by atoms with Gasteiger partial charge < -0.3 is 10.1 Å². The molecule has 0 aromatic heterocycles. The second-order valence-corrected chi connectivity index (χ2v) is 7.94. The molecule has 30 heavy (non-hydrogen) atoms. The van der Waals surface area contributed by atoms with E-state index < -0.39 is 18.4 Å². The normalized spacial score (nSPS) is 20.2. The Kier molecular flexibility index (Phi) is 5.48. The number of rotatable bonds is 4. The first-order chi connectivity index (χ1) is 14.5. The van der Waals surface area contributed by atoms with Crippen LogP contribution in [0.4, 0.5) is 0 Å². The van der Waals surface area contributed by atoms with Crippen molar-refractivity contribution in [2.45, 2.75) is 38.6 Å². The molecule has 6 nitrogen and oxygen atoms in total. The molecule has 0 aliphatic heterocycles. The summed E-state index contributed by atoms with van der Waals surface area (Å²) in [7, 11) is 0. The van der Waals surface area contributed by atoms with Crippen LogP contribution in [0.5, 0.6) is 0 Å². The first-order valence-electron chi connectivity index (χ1n) is 10.3. The van der Waals surface area contributed by atoms with E-state index in [9.17, 15) is 19.2 Å². The molecule has 2 aromatic rings. The predicted octanol–water partition coefficient (Wildman–Crippen LogP) is 3.31. The molecule has 154 valence electrons. The van der Waals surface area contributed by atoms with Crippen LogP contribution >= 0.6 is 0 Å². The number of fused-ring (bicyclic) bond motifs is 2. The zero-order valence-electron chi connectivity index (χ0n) is 16.8. The van der Waals surface area contributed by atoms with Gasteiger partial charge in [-0.1, -0.05) is 56.2 Å². The van der Waals surface area contributed by atoms with Gasteiger partial charge >= 0.3 is 5.97 Å². The second-order valence-electron chi connectivity index (χ2n) is 7.94. The molecule has 6 heteroatoms. The molecule has 0 bridgehead atoms. The van der Waals surface area contributed by atoms with Gasteiger partial charge in [-0.05, 0) is 24.8 Å². The van der Waals surface area contributed by atoms with Crippen LogP contribution in [0.3, 0.4) is 0 Å². The second kappa shape index (κ2) is 8.22. The fourth-order valence-corrected chi connectivity index (χ4v) is 4.30. The van der Waals surface area contributed by atoms with E-state index in [4.69, 9.17) is 4.74 Å². The lowest BCUT2D eigenvalue weighted by Crippen LogP contribution is -2.43. The molecule has 1 fully saturated rings. The molecule has 1 saturated carbocycles. The van der Waals surface area contributed by atoms with Crippen LogP contribution in [0.15, 0.2) is 42.5 Å². The van der Waals surface area contributed by atoms with Crippen molar-refractivity contribution in [3.63, 3.8) is 0 Å². The summed E-state index contributed by atoms with van der Waals surface area (Å²) >= 11 is 0. The van der Waals surface area contributed by atoms with Crippen LogP contribution in [0.1, 0.15) is 74.8 Å². The summed E-state index contributed by atoms with van der Waals surface area (Å²) < 4.78 is 5.19. The van der Waals surface area contributed by atoms with Crippen LogP contribution in [-0.4, -0.2) is 36.1 Å². The van der Waals surface area contributed by atoms with Crippen LogP contribution in [-0.2, 0) is 9.53 Å². The molecule has 1 amide bonds. The highest BCUT2D eigenvalue weighted by Crippen LogP contribution is 2.30. The van der Waals surface area contributed by atoms with Gasteiger partial charge in [0.15, 0.2) is 18.2 Å². The van der Waals surface area contributed by atoms with E-state index in [1.165, 1.54) is 18.2 Å². The van der Waals surface area contributed by atoms with E-state index in [0.717, 1.165) is 25.7 Å². The standard InChI is InChI=1S/C24H23NO5/c1-14-7-2-5-12-19(14)25-20(26)13-30-24(29)18-11-6-10-17-21(18)23(28)16-9-4-3-8-15(16)22(17)27/h3-4,6,8-11,14,19H,2,5,7,12-13H2,1H3,(H,25,26)/t14-,19-/m0/s1. The van der Waals surface area contributed by atoms with E-state index in [0.29, 0.717) is 11.5 Å². The smallest absolute Gasteiger partial charge is 0.339 e. The minimum Gasteiger partial charge on any atom is -0.452 e. The Morgan fingerprint density at radius 1 is 0.933 bits per heavy atom. The maximum atomic E-state index is 13.0. The van der Waals surface area contributed by atoms with Gasteiger partial charge in [0.1, 0.15) is 0 Å². The zero-order chi connectivity index (χ0) is 21.3. The third-order valence-corrected chi connectivity index (χ3v) is 5.96. The molecule has 4 rings (SSSR count). The average Bonchev–Trinajstić information content (AvgIpc) is 2.77. The van der Waals surface area contributed by atoms with E-state index >= 15 is 0 Å². The summed E-state index contributed by atoms with van der Waals surface area (Å²) in [5.41, 5.74) is 0.793. The van der Waals surface area contributed by atoms with Crippen molar-refractivity contribution < 1.29 is 23.9 Å². The molecule has 0 radical (unpaired) electrons. The number of carbonyl (C=O) groups is 4. The Hall–Kier alpha value is -3.28. The van der Waals surface area contributed by atoms with Gasteiger partial charge in [-0.3, -0.25) is 14.4 Å². The van der Waals surface area contributed by atoms with Crippen molar-refractivity contribution in [1.29, 1.82) is 0 Å². The average molecular weight is 405 g/mol. The lowest BCUT2D eigenvalue weighted by Gasteiger charge is -2.29. The first kappa shape index (κ1) is 20.0. The molecular formula is C24H23NO5. The maximum absolute atomic E-state index is 13.0. The quantitative estimate of drug-likeness (QED) is 0.673. The van der Waals surface area contributed by atoms with E-state index in [2.05, 4.69) is 12.2 Å². The molecule has 0 spiro atoms. The number of carbonyl (C=O) groups excluding carboxylic acids is 4. The van der Waals surface area contributed by atoms with E-state index in [1.807, 2.05) is 0 Å². The highest BCUT2D eigenvalue weighted by atomic mass is 16.5. The number of nitrogens with one attached hydrogen (secondary N) is 1. The zero-order valence-corrected chi connectivity index (χ0v) is 16.8. The molecule has 2 aromatic carbocycles. The highest BCUT2D eigenvalue weighted by Gasteiger charge is 2.33. The van der Waals surface area contributed by atoms with Crippen LogP contribution in [0.25, 0.3) is 0 Å². The van der Waals surface area contributed by atoms with Crippen molar-refractivity contribution in [3.05, 3.63) is 70.3 Å². The molecule has 2 aliphatic carbocycles. The third-order valence-electron chi connectivity index (χ3n) is 5.96. The SMILES string of the molecule is C[C@H]1CCCC[C@@H]1NC(=O)COC(=O)c1cccc2c1C(=O)c1ccccc1C2=O. The van der Waals surface area contributed by atoms with Crippen LogP contribution in [0.2, 0.25) is 0 Å². The van der Waals surface area contributed by atoms with E-state index in [-0.39, 0.29) is 40.0 Å². The number of amides is 1. The number of benzene rings is 2. The lowest BCUT2D eigenvalue weighted by molar-refractivity contribution is -0.125. The summed E-state index contributed by atoms with van der Waals surface area (Å²) in [4.78, 5) is 50.7. The predicted molar refractivity (Wildman–Crippen MR) is 110 cm³/mol. The summed E-state index contributed by atoms with van der Waals surface area (Å²) in [6.07, 6.45) is 4.22. The molecule has 1 N–H and O–H groups in total. The number of esters is 1. The third kappa shape index (κ3) is 3.65. The minimum absolute atomic E-state index is 0.000752. The summed E-state index contributed by atoms with van der Waals surface area (Å²) in [6, 6.07) is 11.1. The van der Waals surface area contributed by atoms with Crippen molar-refractivity contribution in [2.24, 2.45) is 5.92 Å². The first-order valence-corrected chi connectivity index (χ1v) is 10.3. The van der Waals surface area contributed by atoms with Crippen molar-refractivity contribution >= 4 is 23.4 Å². The fourth-order valence-electron chi connectivity index (χ4n) is 4.30. The molecular weight excluding hydrogens is 382 g/mol. The Balaban J connectivity index is 1.50. The monoisotopic (exact) mass is 405 g/mol. The fraction of sp³-hybridized carbons (Fsp3) is 0.333. The summed E-state index contributed by atoms with van der Waals surface area (Å²) in [5.74, 6) is -1.46. The van der Waals surface area contributed by atoms with Crippen molar-refractivity contribution in [2.75, 3.05) is 6.61 Å². The molecule has 0 unspecified atom stereocenters. The van der Waals surface area contributed by atoms with Gasteiger partial charge in [-0.25, -0.2) is 4.79 Å². The number of ether oxygens (including phenoxy) is 1. The number of hydrogen-bond acceptors (Lipinski definition) is 5. The van der Waals surface area contributed by atoms with Gasteiger partial charge in [0.25, 0.3) is 5.91 Å². The Labute approximate surface area is 174 Å². The van der Waals surface area contributed by atoms with Crippen LogP contribution < -0.4 is 5.32 Å². The van der Waals surface area contributed by atoms with Gasteiger partial charge in [-0.2, -0.15) is 0 Å². The van der Waals surface area contributed by atoms with Crippen molar-refractivity contribution in [3.8, 4) is 0 Å². The molecule has 2 aliphatic rings. The van der Waals surface area contributed by atoms with Crippen molar-refractivity contribution in [1.82, 2.24) is 5.32 Å². The molecule has 0 heterocycles. The molecule has 2 atom stereocenters. The summed E-state index contributed by atoms with van der Waals surface area (Å²) in [5, 5.41) is 2.93. The topological polar surface area (TPSA) is 89.5 Å². The summed E-state index contributed by atoms with van der Waals surface area (Å²) in [6.45, 7) is 1.68. The molecule has 0 saturated heterocycles. The largest absolute Gasteiger partial charge is 0.452 e.